The number of nitrogens with zero attached hydrogens (tertiary/aromatic N) is 1. The molecule has 1 N–H and O–H groups in total. The third kappa shape index (κ3) is 4.25. The van der Waals surface area contributed by atoms with Gasteiger partial charge < -0.3 is 19.3 Å². The first-order chi connectivity index (χ1) is 12.7. The maximum Gasteiger partial charge on any atom is 0.324 e. The van der Waals surface area contributed by atoms with Crippen molar-refractivity contribution in [3.8, 4) is 17.2 Å². The van der Waals surface area contributed by atoms with E-state index in [1.165, 1.54) is 51.7 Å². The van der Waals surface area contributed by atoms with E-state index in [4.69, 9.17) is 14.2 Å². The zero-order valence-electron chi connectivity index (χ0n) is 15.4. The largest absolute Gasteiger partial charge is 0.497 e. The van der Waals surface area contributed by atoms with Gasteiger partial charge in [-0.15, -0.1) is 0 Å². The summed E-state index contributed by atoms with van der Waals surface area (Å²) < 4.78 is 42.7. The molecule has 0 radical (unpaired) electrons. The van der Waals surface area contributed by atoms with Gasteiger partial charge in [-0.2, -0.15) is 0 Å². The second-order valence-electron chi connectivity index (χ2n) is 5.57. The van der Waals surface area contributed by atoms with Gasteiger partial charge in [0.1, 0.15) is 23.8 Å². The Hall–Kier alpha value is -2.94. The number of sulfonamides is 1. The van der Waals surface area contributed by atoms with E-state index in [-0.39, 0.29) is 16.3 Å². The molecule has 0 fully saturated rings. The fourth-order valence-corrected chi connectivity index (χ4v) is 4.05. The van der Waals surface area contributed by atoms with E-state index < -0.39 is 22.5 Å². The number of hydrogen-bond donors (Lipinski definition) is 1. The van der Waals surface area contributed by atoms with Gasteiger partial charge in [0.05, 0.1) is 31.9 Å². The number of methoxy groups -OCH3 is 3. The molecule has 0 saturated carbocycles. The van der Waals surface area contributed by atoms with Crippen molar-refractivity contribution < 1.29 is 32.5 Å². The van der Waals surface area contributed by atoms with Crippen molar-refractivity contribution >= 4 is 21.7 Å². The van der Waals surface area contributed by atoms with Crippen molar-refractivity contribution in [3.63, 3.8) is 0 Å². The molecule has 2 rings (SSSR count). The predicted octanol–water partition coefficient (Wildman–Crippen LogP) is 2.30. The summed E-state index contributed by atoms with van der Waals surface area (Å²) in [6.07, 6.45) is 0. The highest BCUT2D eigenvalue weighted by molar-refractivity contribution is 7.92. The van der Waals surface area contributed by atoms with Crippen LogP contribution in [0.5, 0.6) is 17.2 Å². The van der Waals surface area contributed by atoms with Crippen molar-refractivity contribution in [2.24, 2.45) is 0 Å². The number of aliphatic carboxylic acids is 1. The van der Waals surface area contributed by atoms with Crippen LogP contribution in [0.4, 0.5) is 5.69 Å². The summed E-state index contributed by atoms with van der Waals surface area (Å²) in [4.78, 5) is 11.3. The first kappa shape index (κ1) is 20.4. The van der Waals surface area contributed by atoms with E-state index >= 15 is 0 Å². The molecule has 0 aliphatic carbocycles. The lowest BCUT2D eigenvalue weighted by atomic mass is 10.2. The minimum Gasteiger partial charge on any atom is -0.497 e. The summed E-state index contributed by atoms with van der Waals surface area (Å²) in [5.74, 6) is -0.223. The normalized spacial score (nSPS) is 11.0. The zero-order chi connectivity index (χ0) is 20.2. The standard InChI is InChI=1S/C18H21NO7S/c1-12-9-14(6-8-16(12)25-3)27(22,23)19(11-18(20)21)15-10-13(24-2)5-7-17(15)26-4/h5-10H,11H2,1-4H3,(H,20,21). The SMILES string of the molecule is COc1ccc(OC)c(N(CC(=O)O)S(=O)(=O)c2ccc(OC)c(C)c2)c1. The summed E-state index contributed by atoms with van der Waals surface area (Å²) in [6.45, 7) is 0.919. The Bertz CT molecular complexity index is 941. The van der Waals surface area contributed by atoms with Crippen LogP contribution in [0, 0.1) is 6.92 Å². The van der Waals surface area contributed by atoms with Gasteiger partial charge in [0.2, 0.25) is 0 Å². The topological polar surface area (TPSA) is 102 Å². The number of benzene rings is 2. The minimum absolute atomic E-state index is 0.0627. The van der Waals surface area contributed by atoms with E-state index in [9.17, 15) is 18.3 Å². The lowest BCUT2D eigenvalue weighted by Crippen LogP contribution is -2.36. The average Bonchev–Trinajstić information content (AvgIpc) is 2.65. The van der Waals surface area contributed by atoms with Crippen molar-refractivity contribution in [2.45, 2.75) is 11.8 Å². The van der Waals surface area contributed by atoms with Crippen LogP contribution in [-0.2, 0) is 14.8 Å². The molecule has 27 heavy (non-hydrogen) atoms. The Morgan fingerprint density at radius 3 is 2.15 bits per heavy atom. The molecule has 0 aliphatic heterocycles. The number of hydrogen-bond acceptors (Lipinski definition) is 6. The first-order valence-electron chi connectivity index (χ1n) is 7.85. The lowest BCUT2D eigenvalue weighted by Gasteiger charge is -2.25. The predicted molar refractivity (Wildman–Crippen MR) is 99.4 cm³/mol. The molecule has 0 amide bonds. The molecule has 8 nitrogen and oxygen atoms in total. The summed E-state index contributed by atoms with van der Waals surface area (Å²) in [5, 5.41) is 9.28. The summed E-state index contributed by atoms with van der Waals surface area (Å²) in [6, 6.07) is 8.82. The smallest absolute Gasteiger partial charge is 0.324 e. The molecule has 2 aromatic rings. The van der Waals surface area contributed by atoms with Crippen molar-refractivity contribution in [1.29, 1.82) is 0 Å². The van der Waals surface area contributed by atoms with Crippen LogP contribution in [0.25, 0.3) is 0 Å². The fourth-order valence-electron chi connectivity index (χ4n) is 2.55. The number of anilines is 1. The molecular weight excluding hydrogens is 374 g/mol. The maximum atomic E-state index is 13.2. The number of aryl methyl sites for hydroxylation is 1. The quantitative estimate of drug-likeness (QED) is 0.732. The molecule has 0 aromatic heterocycles. The number of ether oxygens (including phenoxy) is 3. The van der Waals surface area contributed by atoms with Gasteiger partial charge in [-0.3, -0.25) is 9.10 Å². The molecule has 0 spiro atoms. The Morgan fingerprint density at radius 2 is 1.63 bits per heavy atom. The van der Waals surface area contributed by atoms with E-state index in [2.05, 4.69) is 0 Å². The third-order valence-electron chi connectivity index (χ3n) is 3.89. The first-order valence-corrected chi connectivity index (χ1v) is 9.29. The molecule has 2 aromatic carbocycles. The molecule has 0 heterocycles. The molecule has 0 aliphatic rings. The lowest BCUT2D eigenvalue weighted by molar-refractivity contribution is -0.135. The minimum atomic E-state index is -4.19. The molecular formula is C18H21NO7S. The van der Waals surface area contributed by atoms with Gasteiger partial charge in [-0.05, 0) is 42.8 Å². The van der Waals surface area contributed by atoms with Crippen LogP contribution in [-0.4, -0.2) is 47.4 Å². The molecule has 0 saturated heterocycles. The third-order valence-corrected chi connectivity index (χ3v) is 5.64. The van der Waals surface area contributed by atoms with Gasteiger partial charge in [-0.25, -0.2) is 8.42 Å². The average molecular weight is 395 g/mol. The van der Waals surface area contributed by atoms with E-state index in [0.29, 0.717) is 17.1 Å². The highest BCUT2D eigenvalue weighted by Gasteiger charge is 2.30. The Kier molecular flexibility index (Phi) is 6.17. The van der Waals surface area contributed by atoms with Crippen LogP contribution in [0.15, 0.2) is 41.3 Å². The van der Waals surface area contributed by atoms with Gasteiger partial charge in [0.25, 0.3) is 10.0 Å². The fraction of sp³-hybridized carbons (Fsp3) is 0.278. The Morgan fingerprint density at radius 1 is 1.00 bits per heavy atom. The Labute approximate surface area is 157 Å². The highest BCUT2D eigenvalue weighted by atomic mass is 32.2. The van der Waals surface area contributed by atoms with E-state index in [1.807, 2.05) is 0 Å². The van der Waals surface area contributed by atoms with Crippen molar-refractivity contribution in [2.75, 3.05) is 32.2 Å². The molecule has 146 valence electrons. The van der Waals surface area contributed by atoms with Gasteiger partial charge in [-0.1, -0.05) is 0 Å². The van der Waals surface area contributed by atoms with Crippen LogP contribution >= 0.6 is 0 Å². The number of rotatable bonds is 8. The van der Waals surface area contributed by atoms with Crippen LogP contribution in [0.1, 0.15) is 5.56 Å². The van der Waals surface area contributed by atoms with E-state index in [0.717, 1.165) is 4.31 Å². The van der Waals surface area contributed by atoms with E-state index in [1.54, 1.807) is 13.0 Å². The Balaban J connectivity index is 2.66. The highest BCUT2D eigenvalue weighted by Crippen LogP contribution is 2.36. The maximum absolute atomic E-state index is 13.2. The molecule has 0 atom stereocenters. The second-order valence-corrected chi connectivity index (χ2v) is 7.44. The second kappa shape index (κ2) is 8.17. The van der Waals surface area contributed by atoms with Gasteiger partial charge in [0, 0.05) is 6.07 Å². The van der Waals surface area contributed by atoms with Crippen LogP contribution in [0.3, 0.4) is 0 Å². The number of carboxylic acids is 1. The molecule has 9 heteroatoms. The summed E-state index contributed by atoms with van der Waals surface area (Å²) in [7, 11) is 0.0822. The van der Waals surface area contributed by atoms with Crippen molar-refractivity contribution in [3.05, 3.63) is 42.0 Å². The molecule has 0 unspecified atom stereocenters. The monoisotopic (exact) mass is 395 g/mol. The number of carbonyl (C=O) groups is 1. The summed E-state index contributed by atoms with van der Waals surface area (Å²) >= 11 is 0. The zero-order valence-corrected chi connectivity index (χ0v) is 16.2. The van der Waals surface area contributed by atoms with Gasteiger partial charge in [0.15, 0.2) is 0 Å². The van der Waals surface area contributed by atoms with Crippen molar-refractivity contribution in [1.82, 2.24) is 0 Å². The number of carboxylic acid groups (broad SMARTS) is 1. The van der Waals surface area contributed by atoms with Crippen LogP contribution < -0.4 is 18.5 Å². The molecule has 0 bridgehead atoms. The van der Waals surface area contributed by atoms with Crippen LogP contribution in [0.2, 0.25) is 0 Å². The summed E-state index contributed by atoms with van der Waals surface area (Å²) in [5.41, 5.74) is 0.666. The van der Waals surface area contributed by atoms with Gasteiger partial charge >= 0.3 is 5.97 Å².